The lowest BCUT2D eigenvalue weighted by molar-refractivity contribution is 0.217. The van der Waals surface area contributed by atoms with Crippen LogP contribution < -0.4 is 15.4 Å². The highest BCUT2D eigenvalue weighted by Crippen LogP contribution is 2.17. The number of urea groups is 1. The van der Waals surface area contributed by atoms with Gasteiger partial charge in [0.05, 0.1) is 0 Å². The van der Waals surface area contributed by atoms with E-state index in [1.54, 1.807) is 0 Å². The molecule has 0 spiro atoms. The first-order valence-corrected chi connectivity index (χ1v) is 8.04. The summed E-state index contributed by atoms with van der Waals surface area (Å²) < 4.78 is 5.53. The van der Waals surface area contributed by atoms with Crippen molar-refractivity contribution in [2.45, 2.75) is 57.9 Å². The molecule has 1 saturated carbocycles. The van der Waals surface area contributed by atoms with Gasteiger partial charge in [-0.3, -0.25) is 0 Å². The predicted molar refractivity (Wildman–Crippen MR) is 84.5 cm³/mol. The quantitative estimate of drug-likeness (QED) is 0.786. The van der Waals surface area contributed by atoms with Gasteiger partial charge in [0.2, 0.25) is 0 Å². The Morgan fingerprint density at radius 1 is 1.19 bits per heavy atom. The topological polar surface area (TPSA) is 50.4 Å². The molecule has 21 heavy (non-hydrogen) atoms. The van der Waals surface area contributed by atoms with Crippen molar-refractivity contribution < 1.29 is 9.53 Å². The third-order valence-electron chi connectivity index (χ3n) is 3.87. The predicted octanol–water partition coefficient (Wildman–Crippen LogP) is 3.61. The Hall–Kier alpha value is -1.71. The summed E-state index contributed by atoms with van der Waals surface area (Å²) >= 11 is 0. The molecule has 0 atom stereocenters. The maximum Gasteiger partial charge on any atom is 0.317 e. The Morgan fingerprint density at radius 2 is 1.90 bits per heavy atom. The molecule has 0 aromatic heterocycles. The van der Waals surface area contributed by atoms with E-state index in [0.29, 0.717) is 6.04 Å². The third kappa shape index (κ3) is 5.66. The molecule has 1 aromatic carbocycles. The van der Waals surface area contributed by atoms with Crippen molar-refractivity contribution in [2.24, 2.45) is 0 Å². The van der Waals surface area contributed by atoms with Crippen LogP contribution in [-0.4, -0.2) is 18.8 Å². The van der Waals surface area contributed by atoms with Gasteiger partial charge in [0.15, 0.2) is 6.73 Å². The molecule has 0 bridgehead atoms. The smallest absolute Gasteiger partial charge is 0.317 e. The highest BCUT2D eigenvalue weighted by atomic mass is 16.5. The Balaban J connectivity index is 1.64. The number of hydrogen-bond acceptors (Lipinski definition) is 2. The number of rotatable bonds is 6. The van der Waals surface area contributed by atoms with Gasteiger partial charge >= 0.3 is 6.03 Å². The molecule has 4 heteroatoms. The van der Waals surface area contributed by atoms with Crippen molar-refractivity contribution in [3.05, 3.63) is 29.8 Å². The lowest BCUT2D eigenvalue weighted by Gasteiger charge is -2.22. The summed E-state index contributed by atoms with van der Waals surface area (Å²) in [4.78, 5) is 11.7. The number of carbonyl (C=O) groups excluding carboxylic acids is 1. The Kier molecular flexibility index (Phi) is 6.38. The zero-order valence-corrected chi connectivity index (χ0v) is 12.9. The van der Waals surface area contributed by atoms with Crippen molar-refractivity contribution >= 4 is 6.03 Å². The second-order valence-electron chi connectivity index (χ2n) is 5.67. The number of ether oxygens (including phenoxy) is 1. The summed E-state index contributed by atoms with van der Waals surface area (Å²) in [5.74, 6) is 0.785. The number of carbonyl (C=O) groups is 1. The van der Waals surface area contributed by atoms with Gasteiger partial charge in [-0.2, -0.15) is 0 Å². The van der Waals surface area contributed by atoms with Crippen LogP contribution in [0.3, 0.4) is 0 Å². The summed E-state index contributed by atoms with van der Waals surface area (Å²) in [7, 11) is 0. The van der Waals surface area contributed by atoms with E-state index in [1.165, 1.54) is 24.8 Å². The molecule has 1 aromatic rings. The molecule has 1 aliphatic carbocycles. The second-order valence-corrected chi connectivity index (χ2v) is 5.67. The summed E-state index contributed by atoms with van der Waals surface area (Å²) in [5.41, 5.74) is 1.31. The van der Waals surface area contributed by atoms with Gasteiger partial charge in [-0.25, -0.2) is 4.79 Å². The first-order valence-electron chi connectivity index (χ1n) is 8.04. The van der Waals surface area contributed by atoms with Gasteiger partial charge in [0, 0.05) is 6.04 Å². The second kappa shape index (κ2) is 8.55. The minimum absolute atomic E-state index is 0.135. The minimum atomic E-state index is -0.135. The minimum Gasteiger partial charge on any atom is -0.473 e. The zero-order chi connectivity index (χ0) is 14.9. The van der Waals surface area contributed by atoms with Crippen molar-refractivity contribution in [1.82, 2.24) is 10.6 Å². The van der Waals surface area contributed by atoms with E-state index in [9.17, 15) is 4.79 Å². The van der Waals surface area contributed by atoms with Crippen molar-refractivity contribution in [3.8, 4) is 5.75 Å². The lowest BCUT2D eigenvalue weighted by atomic mass is 9.96. The Bertz CT molecular complexity index is 425. The Morgan fingerprint density at radius 3 is 2.57 bits per heavy atom. The van der Waals surface area contributed by atoms with Crippen molar-refractivity contribution in [2.75, 3.05) is 6.73 Å². The maximum absolute atomic E-state index is 11.7. The van der Waals surface area contributed by atoms with Crippen LogP contribution in [0.5, 0.6) is 5.75 Å². The summed E-state index contributed by atoms with van der Waals surface area (Å²) in [6.07, 6.45) is 8.12. The monoisotopic (exact) mass is 290 g/mol. The molecule has 116 valence electrons. The first-order chi connectivity index (χ1) is 10.3. The van der Waals surface area contributed by atoms with Crippen LogP contribution in [0.2, 0.25) is 0 Å². The molecule has 0 saturated heterocycles. The van der Waals surface area contributed by atoms with Crippen LogP contribution >= 0.6 is 0 Å². The first kappa shape index (κ1) is 15.7. The van der Waals surface area contributed by atoms with Crippen LogP contribution in [0.25, 0.3) is 0 Å². The number of benzene rings is 1. The highest BCUT2D eigenvalue weighted by molar-refractivity contribution is 5.74. The molecule has 2 rings (SSSR count). The fourth-order valence-corrected chi connectivity index (χ4v) is 2.71. The van der Waals surface area contributed by atoms with E-state index >= 15 is 0 Å². The van der Waals surface area contributed by atoms with Crippen molar-refractivity contribution in [1.29, 1.82) is 0 Å². The average Bonchev–Trinajstić information content (AvgIpc) is 2.50. The van der Waals surface area contributed by atoms with Gasteiger partial charge < -0.3 is 15.4 Å². The van der Waals surface area contributed by atoms with E-state index in [4.69, 9.17) is 4.74 Å². The number of hydrogen-bond donors (Lipinski definition) is 2. The zero-order valence-electron chi connectivity index (χ0n) is 12.9. The molecule has 0 heterocycles. The molecule has 1 fully saturated rings. The average molecular weight is 290 g/mol. The standard InChI is InChI=1S/C17H26N2O2/c1-2-6-14-9-11-16(12-10-14)21-13-18-17(20)19-15-7-4-3-5-8-15/h9-12,15H,2-8,13H2,1H3,(H2,18,19,20). The van der Waals surface area contributed by atoms with Gasteiger partial charge in [-0.15, -0.1) is 0 Å². The fourth-order valence-electron chi connectivity index (χ4n) is 2.71. The normalized spacial score (nSPS) is 15.5. The van der Waals surface area contributed by atoms with Crippen LogP contribution in [-0.2, 0) is 6.42 Å². The molecule has 0 radical (unpaired) electrons. The third-order valence-corrected chi connectivity index (χ3v) is 3.87. The molecule has 4 nitrogen and oxygen atoms in total. The summed E-state index contributed by atoms with van der Waals surface area (Å²) in [6.45, 7) is 2.37. The SMILES string of the molecule is CCCc1ccc(OCNC(=O)NC2CCCCC2)cc1. The molecule has 0 unspecified atom stereocenters. The van der Waals surface area contributed by atoms with Crippen LogP contribution in [0.1, 0.15) is 51.0 Å². The number of aryl methyl sites for hydroxylation is 1. The number of amides is 2. The fraction of sp³-hybridized carbons (Fsp3) is 0.588. The van der Waals surface area contributed by atoms with Crippen LogP contribution in [0, 0.1) is 0 Å². The summed E-state index contributed by atoms with van der Waals surface area (Å²) in [6, 6.07) is 8.23. The maximum atomic E-state index is 11.7. The van der Waals surface area contributed by atoms with Gasteiger partial charge in [0.25, 0.3) is 0 Å². The molecular formula is C17H26N2O2. The van der Waals surface area contributed by atoms with Crippen LogP contribution in [0.15, 0.2) is 24.3 Å². The Labute approximate surface area is 127 Å². The van der Waals surface area contributed by atoms with Gasteiger partial charge in [-0.05, 0) is 37.0 Å². The van der Waals surface area contributed by atoms with Gasteiger partial charge in [-0.1, -0.05) is 44.7 Å². The summed E-state index contributed by atoms with van der Waals surface area (Å²) in [5, 5.41) is 5.75. The van der Waals surface area contributed by atoms with Gasteiger partial charge in [0.1, 0.15) is 5.75 Å². The largest absolute Gasteiger partial charge is 0.473 e. The van der Waals surface area contributed by atoms with E-state index < -0.39 is 0 Å². The van der Waals surface area contributed by atoms with Crippen LogP contribution in [0.4, 0.5) is 4.79 Å². The number of nitrogens with one attached hydrogen (secondary N) is 2. The van der Waals surface area contributed by atoms with E-state index in [2.05, 4.69) is 29.7 Å². The molecule has 1 aliphatic rings. The molecular weight excluding hydrogens is 264 g/mol. The molecule has 0 aliphatic heterocycles. The lowest BCUT2D eigenvalue weighted by Crippen LogP contribution is -2.44. The van der Waals surface area contributed by atoms with E-state index in [0.717, 1.165) is 31.4 Å². The van der Waals surface area contributed by atoms with Crippen molar-refractivity contribution in [3.63, 3.8) is 0 Å². The van der Waals surface area contributed by atoms with E-state index in [1.807, 2.05) is 12.1 Å². The van der Waals surface area contributed by atoms with E-state index in [-0.39, 0.29) is 12.8 Å². The molecule has 2 amide bonds. The highest BCUT2D eigenvalue weighted by Gasteiger charge is 2.15. The molecule has 2 N–H and O–H groups in total.